The average molecular weight is 358 g/mol. The molecular formula is C18H22N4O4. The van der Waals surface area contributed by atoms with E-state index in [-0.39, 0.29) is 18.0 Å². The number of likely N-dealkylation sites (N-methyl/N-ethyl adjacent to an activating group) is 1. The Morgan fingerprint density at radius 2 is 1.81 bits per heavy atom. The highest BCUT2D eigenvalue weighted by Gasteiger charge is 2.13. The van der Waals surface area contributed by atoms with E-state index in [1.54, 1.807) is 25.1 Å². The molecule has 0 aliphatic carbocycles. The van der Waals surface area contributed by atoms with E-state index in [4.69, 9.17) is 10.00 Å². The Bertz CT molecular complexity index is 718. The van der Waals surface area contributed by atoms with Gasteiger partial charge in [-0.1, -0.05) is 12.1 Å². The van der Waals surface area contributed by atoms with E-state index in [2.05, 4.69) is 10.6 Å². The average Bonchev–Trinajstić information content (AvgIpc) is 2.63. The van der Waals surface area contributed by atoms with Gasteiger partial charge in [0.15, 0.2) is 6.61 Å². The van der Waals surface area contributed by atoms with Crippen molar-refractivity contribution in [1.82, 2.24) is 10.6 Å². The monoisotopic (exact) mass is 358 g/mol. The molecule has 26 heavy (non-hydrogen) atoms. The number of carbonyl (C=O) groups is 3. The number of nitrogens with zero attached hydrogens (tertiary/aromatic N) is 2. The Kier molecular flexibility index (Phi) is 8.37. The predicted molar refractivity (Wildman–Crippen MR) is 97.0 cm³/mol. The normalized spacial score (nSPS) is 10.5. The summed E-state index contributed by atoms with van der Waals surface area (Å²) < 4.78 is 4.80. The second kappa shape index (κ2) is 10.5. The van der Waals surface area contributed by atoms with E-state index < -0.39 is 18.5 Å². The highest BCUT2D eigenvalue weighted by molar-refractivity contribution is 5.99. The minimum Gasteiger partial charge on any atom is -0.451 e. The number of rotatable bonds is 8. The van der Waals surface area contributed by atoms with Crippen LogP contribution >= 0.6 is 0 Å². The first kappa shape index (κ1) is 20.7. The van der Waals surface area contributed by atoms with Crippen molar-refractivity contribution in [3.8, 4) is 6.07 Å². The Balaban J connectivity index is 2.59. The predicted octanol–water partition coefficient (Wildman–Crippen LogP) is 0.455. The van der Waals surface area contributed by atoms with Crippen molar-refractivity contribution in [2.24, 2.45) is 0 Å². The summed E-state index contributed by atoms with van der Waals surface area (Å²) in [5.74, 6) is -1.87. The van der Waals surface area contributed by atoms with E-state index in [9.17, 15) is 14.4 Å². The van der Waals surface area contributed by atoms with Crippen LogP contribution in [0.4, 0.5) is 5.69 Å². The molecule has 0 saturated carbocycles. The highest BCUT2D eigenvalue weighted by atomic mass is 16.5. The molecule has 0 unspecified atom stereocenters. The van der Waals surface area contributed by atoms with Crippen molar-refractivity contribution in [2.75, 3.05) is 38.7 Å². The van der Waals surface area contributed by atoms with Gasteiger partial charge in [0.1, 0.15) is 11.6 Å². The zero-order valence-electron chi connectivity index (χ0n) is 15.0. The first-order valence-electron chi connectivity index (χ1n) is 7.97. The van der Waals surface area contributed by atoms with Crippen LogP contribution in [-0.4, -0.2) is 51.6 Å². The number of esters is 1. The summed E-state index contributed by atoms with van der Waals surface area (Å²) in [5.41, 5.74) is 1.41. The summed E-state index contributed by atoms with van der Waals surface area (Å²) in [7, 11) is 3.81. The number of ether oxygens (including phenoxy) is 1. The maximum Gasteiger partial charge on any atom is 0.349 e. The van der Waals surface area contributed by atoms with Crippen LogP contribution in [0.5, 0.6) is 0 Å². The largest absolute Gasteiger partial charge is 0.451 e. The zero-order valence-corrected chi connectivity index (χ0v) is 15.0. The molecule has 138 valence electrons. The molecule has 2 N–H and O–H groups in total. The third-order valence-corrected chi connectivity index (χ3v) is 3.22. The molecule has 0 bridgehead atoms. The van der Waals surface area contributed by atoms with Crippen molar-refractivity contribution in [2.45, 2.75) is 6.92 Å². The van der Waals surface area contributed by atoms with Gasteiger partial charge in [0.05, 0.1) is 6.54 Å². The van der Waals surface area contributed by atoms with Crippen LogP contribution < -0.4 is 15.5 Å². The van der Waals surface area contributed by atoms with Gasteiger partial charge in [0, 0.05) is 26.3 Å². The van der Waals surface area contributed by atoms with Gasteiger partial charge in [-0.25, -0.2) is 4.79 Å². The third-order valence-electron chi connectivity index (χ3n) is 3.22. The van der Waals surface area contributed by atoms with Crippen LogP contribution in [0.1, 0.15) is 12.5 Å². The van der Waals surface area contributed by atoms with E-state index in [1.165, 1.54) is 6.08 Å². The zero-order chi connectivity index (χ0) is 19.5. The molecule has 0 heterocycles. The Morgan fingerprint density at radius 1 is 1.15 bits per heavy atom. The smallest absolute Gasteiger partial charge is 0.349 e. The second-order valence-corrected chi connectivity index (χ2v) is 5.46. The Morgan fingerprint density at radius 3 is 2.35 bits per heavy atom. The topological polar surface area (TPSA) is 112 Å². The number of anilines is 1. The van der Waals surface area contributed by atoms with Crippen molar-refractivity contribution in [1.29, 1.82) is 5.26 Å². The molecule has 8 heteroatoms. The van der Waals surface area contributed by atoms with Gasteiger partial charge in [-0.05, 0) is 30.7 Å². The number of amides is 2. The summed E-state index contributed by atoms with van der Waals surface area (Å²) in [4.78, 5) is 36.6. The Hall–Kier alpha value is -3.34. The first-order chi connectivity index (χ1) is 12.4. The minimum absolute atomic E-state index is 0.205. The van der Waals surface area contributed by atoms with Gasteiger partial charge in [-0.15, -0.1) is 0 Å². The van der Waals surface area contributed by atoms with Gasteiger partial charge in [0.2, 0.25) is 5.91 Å². The number of nitrogens with one attached hydrogen (secondary N) is 2. The standard InChI is InChI=1S/C18H22N4O4/c1-4-20-16(23)11-21-17(24)12-26-18(25)14(10-19)9-13-5-7-15(8-6-13)22(2)3/h5-9H,4,11-12H2,1-3H3,(H,20,23)(H,21,24)/b14-9+. The van der Waals surface area contributed by atoms with Crippen LogP contribution in [0.2, 0.25) is 0 Å². The maximum atomic E-state index is 11.9. The molecule has 0 atom stereocenters. The van der Waals surface area contributed by atoms with Crippen LogP contribution in [-0.2, 0) is 19.1 Å². The fraction of sp³-hybridized carbons (Fsp3) is 0.333. The summed E-state index contributed by atoms with van der Waals surface area (Å²) >= 11 is 0. The Labute approximate surface area is 152 Å². The fourth-order valence-electron chi connectivity index (χ4n) is 1.87. The molecule has 0 aliphatic rings. The molecule has 0 aliphatic heterocycles. The minimum atomic E-state index is -0.905. The third kappa shape index (κ3) is 7.05. The lowest BCUT2D eigenvalue weighted by Gasteiger charge is -2.11. The number of nitriles is 1. The molecule has 1 aromatic carbocycles. The van der Waals surface area contributed by atoms with Crippen LogP contribution in [0, 0.1) is 11.3 Å². The maximum absolute atomic E-state index is 11.9. The fourth-order valence-corrected chi connectivity index (χ4v) is 1.87. The molecule has 0 spiro atoms. The van der Waals surface area contributed by atoms with Crippen molar-refractivity contribution in [3.63, 3.8) is 0 Å². The van der Waals surface area contributed by atoms with Crippen molar-refractivity contribution < 1.29 is 19.1 Å². The van der Waals surface area contributed by atoms with E-state index >= 15 is 0 Å². The number of benzene rings is 1. The van der Waals surface area contributed by atoms with Crippen LogP contribution in [0.15, 0.2) is 29.8 Å². The van der Waals surface area contributed by atoms with E-state index in [0.717, 1.165) is 5.69 Å². The SMILES string of the molecule is CCNC(=O)CNC(=O)COC(=O)/C(C#N)=C/c1ccc(N(C)C)cc1. The quantitative estimate of drug-likeness (QED) is 0.397. The highest BCUT2D eigenvalue weighted by Crippen LogP contribution is 2.15. The van der Waals surface area contributed by atoms with Gasteiger partial charge < -0.3 is 20.3 Å². The van der Waals surface area contributed by atoms with Gasteiger partial charge in [-0.2, -0.15) is 5.26 Å². The van der Waals surface area contributed by atoms with Gasteiger partial charge in [0.25, 0.3) is 5.91 Å². The lowest BCUT2D eigenvalue weighted by Crippen LogP contribution is -2.38. The second-order valence-electron chi connectivity index (χ2n) is 5.46. The first-order valence-corrected chi connectivity index (χ1v) is 7.97. The van der Waals surface area contributed by atoms with E-state index in [1.807, 2.05) is 31.1 Å². The molecule has 0 saturated heterocycles. The molecule has 1 rings (SSSR count). The summed E-state index contributed by atoms with van der Waals surface area (Å²) in [6.45, 7) is 1.43. The van der Waals surface area contributed by atoms with Crippen molar-refractivity contribution in [3.05, 3.63) is 35.4 Å². The molecular weight excluding hydrogens is 336 g/mol. The van der Waals surface area contributed by atoms with Gasteiger partial charge >= 0.3 is 5.97 Å². The number of hydrogen-bond donors (Lipinski definition) is 2. The number of hydrogen-bond acceptors (Lipinski definition) is 6. The number of carbonyl (C=O) groups excluding carboxylic acids is 3. The van der Waals surface area contributed by atoms with Crippen LogP contribution in [0.25, 0.3) is 6.08 Å². The molecule has 2 amide bonds. The van der Waals surface area contributed by atoms with Crippen LogP contribution in [0.3, 0.4) is 0 Å². The summed E-state index contributed by atoms with van der Waals surface area (Å²) in [6.07, 6.45) is 1.38. The summed E-state index contributed by atoms with van der Waals surface area (Å²) in [5, 5.41) is 13.9. The molecule has 8 nitrogen and oxygen atoms in total. The van der Waals surface area contributed by atoms with Crippen molar-refractivity contribution >= 4 is 29.5 Å². The molecule has 0 fully saturated rings. The lowest BCUT2D eigenvalue weighted by atomic mass is 10.1. The molecule has 1 aromatic rings. The summed E-state index contributed by atoms with van der Waals surface area (Å²) in [6, 6.07) is 8.98. The van der Waals surface area contributed by atoms with Gasteiger partial charge in [-0.3, -0.25) is 9.59 Å². The molecule has 0 radical (unpaired) electrons. The lowest BCUT2D eigenvalue weighted by molar-refractivity contribution is -0.144. The van der Waals surface area contributed by atoms with E-state index in [0.29, 0.717) is 12.1 Å². The molecule has 0 aromatic heterocycles.